The van der Waals surface area contributed by atoms with E-state index in [4.69, 9.17) is 14.2 Å². The predicted octanol–water partition coefficient (Wildman–Crippen LogP) is 0.480. The van der Waals surface area contributed by atoms with Crippen LogP contribution in [0, 0.1) is 0 Å². The number of rotatable bonds is 6. The van der Waals surface area contributed by atoms with Crippen molar-refractivity contribution in [1.29, 1.82) is 0 Å². The van der Waals surface area contributed by atoms with E-state index in [1.165, 1.54) is 14.2 Å². The third kappa shape index (κ3) is 3.54. The molecule has 0 saturated carbocycles. The van der Waals surface area contributed by atoms with Crippen molar-refractivity contribution in [3.8, 4) is 17.8 Å². The summed E-state index contributed by atoms with van der Waals surface area (Å²) in [6.07, 6.45) is -0.0261. The lowest BCUT2D eigenvalue weighted by Crippen LogP contribution is -2.26. The van der Waals surface area contributed by atoms with E-state index >= 15 is 0 Å². The Morgan fingerprint density at radius 3 is 2.25 bits per heavy atom. The number of likely N-dealkylation sites (N-methyl/N-ethyl adjacent to an activating group) is 1. The number of nitrogens with zero attached hydrogens (tertiary/aromatic N) is 2. The van der Waals surface area contributed by atoms with Crippen LogP contribution in [0.2, 0.25) is 0 Å². The van der Waals surface area contributed by atoms with Crippen LogP contribution in [0.5, 0.6) is 17.8 Å². The molecule has 6 nitrogen and oxygen atoms in total. The van der Waals surface area contributed by atoms with Gasteiger partial charge in [0.2, 0.25) is 11.8 Å². The van der Waals surface area contributed by atoms with Crippen molar-refractivity contribution in [1.82, 2.24) is 15.3 Å². The molecular weight excluding hydrogens is 210 g/mol. The Labute approximate surface area is 95.0 Å². The van der Waals surface area contributed by atoms with Crippen LogP contribution in [0.25, 0.3) is 0 Å². The average Bonchev–Trinajstić information content (AvgIpc) is 2.28. The molecule has 1 heterocycles. The Bertz CT molecular complexity index is 311. The largest absolute Gasteiger partial charge is 0.481 e. The number of methoxy groups -OCH3 is 2. The third-order valence-corrected chi connectivity index (χ3v) is 1.88. The number of hydrogen-bond acceptors (Lipinski definition) is 6. The molecule has 0 aliphatic heterocycles. The molecule has 1 unspecified atom stereocenters. The second-order valence-electron chi connectivity index (χ2n) is 3.22. The molecule has 1 atom stereocenters. The molecule has 0 radical (unpaired) electrons. The van der Waals surface area contributed by atoms with E-state index in [0.717, 1.165) is 0 Å². The molecule has 0 aliphatic carbocycles. The fourth-order valence-corrected chi connectivity index (χ4v) is 1.15. The average molecular weight is 227 g/mol. The second kappa shape index (κ2) is 6.12. The smallest absolute Gasteiger partial charge is 0.323 e. The standard InChI is InChI=1S/C10H17N3O3/c1-7(6-11-2)16-10-12-8(14-3)5-9(13-10)15-4/h5,7,11H,6H2,1-4H3. The van der Waals surface area contributed by atoms with E-state index in [9.17, 15) is 0 Å². The molecule has 0 bridgehead atoms. The van der Waals surface area contributed by atoms with Gasteiger partial charge in [-0.3, -0.25) is 0 Å². The minimum Gasteiger partial charge on any atom is -0.481 e. The van der Waals surface area contributed by atoms with E-state index in [0.29, 0.717) is 18.3 Å². The Hall–Kier alpha value is -1.56. The van der Waals surface area contributed by atoms with Gasteiger partial charge in [-0.1, -0.05) is 0 Å². The first-order valence-electron chi connectivity index (χ1n) is 4.98. The van der Waals surface area contributed by atoms with Gasteiger partial charge in [0.1, 0.15) is 6.10 Å². The highest BCUT2D eigenvalue weighted by Crippen LogP contribution is 2.19. The van der Waals surface area contributed by atoms with Gasteiger partial charge in [0, 0.05) is 6.54 Å². The van der Waals surface area contributed by atoms with Gasteiger partial charge in [-0.2, -0.15) is 9.97 Å². The van der Waals surface area contributed by atoms with Crippen molar-refractivity contribution >= 4 is 0 Å². The van der Waals surface area contributed by atoms with Crippen molar-refractivity contribution in [3.63, 3.8) is 0 Å². The van der Waals surface area contributed by atoms with E-state index in [-0.39, 0.29) is 12.1 Å². The predicted molar refractivity (Wildman–Crippen MR) is 59.2 cm³/mol. The summed E-state index contributed by atoms with van der Waals surface area (Å²) in [4.78, 5) is 8.12. The topological polar surface area (TPSA) is 65.5 Å². The summed E-state index contributed by atoms with van der Waals surface area (Å²) in [5.74, 6) is 0.831. The van der Waals surface area contributed by atoms with Crippen molar-refractivity contribution in [2.45, 2.75) is 13.0 Å². The summed E-state index contributed by atoms with van der Waals surface area (Å²) in [6, 6.07) is 1.84. The van der Waals surface area contributed by atoms with Crippen LogP contribution < -0.4 is 19.5 Å². The number of nitrogens with one attached hydrogen (secondary N) is 1. The van der Waals surface area contributed by atoms with E-state index in [2.05, 4.69) is 15.3 Å². The van der Waals surface area contributed by atoms with Crippen molar-refractivity contribution in [3.05, 3.63) is 6.07 Å². The summed E-state index contributed by atoms with van der Waals surface area (Å²) < 4.78 is 15.5. The van der Waals surface area contributed by atoms with Gasteiger partial charge in [0.05, 0.1) is 20.3 Å². The van der Waals surface area contributed by atoms with Gasteiger partial charge < -0.3 is 19.5 Å². The van der Waals surface area contributed by atoms with Crippen LogP contribution in [0.4, 0.5) is 0 Å². The summed E-state index contributed by atoms with van der Waals surface area (Å²) in [5, 5.41) is 3.00. The first-order chi connectivity index (χ1) is 7.69. The number of ether oxygens (including phenoxy) is 3. The summed E-state index contributed by atoms with van der Waals surface area (Å²) >= 11 is 0. The maximum atomic E-state index is 5.50. The lowest BCUT2D eigenvalue weighted by molar-refractivity contribution is 0.196. The normalized spacial score (nSPS) is 12.0. The highest BCUT2D eigenvalue weighted by molar-refractivity contribution is 5.22. The fraction of sp³-hybridized carbons (Fsp3) is 0.600. The molecule has 0 amide bonds. The zero-order valence-electron chi connectivity index (χ0n) is 9.98. The van der Waals surface area contributed by atoms with Gasteiger partial charge in [-0.15, -0.1) is 0 Å². The van der Waals surface area contributed by atoms with Gasteiger partial charge >= 0.3 is 6.01 Å². The molecule has 0 saturated heterocycles. The molecule has 16 heavy (non-hydrogen) atoms. The molecule has 0 aliphatic rings. The Balaban J connectivity index is 2.78. The van der Waals surface area contributed by atoms with E-state index < -0.39 is 0 Å². The van der Waals surface area contributed by atoms with Crippen LogP contribution in [0.15, 0.2) is 6.07 Å². The lowest BCUT2D eigenvalue weighted by atomic mass is 10.4. The van der Waals surface area contributed by atoms with Gasteiger partial charge in [-0.25, -0.2) is 0 Å². The van der Waals surface area contributed by atoms with Crippen molar-refractivity contribution in [2.24, 2.45) is 0 Å². The molecule has 6 heteroatoms. The monoisotopic (exact) mass is 227 g/mol. The van der Waals surface area contributed by atoms with Crippen LogP contribution >= 0.6 is 0 Å². The van der Waals surface area contributed by atoms with Gasteiger partial charge in [0.25, 0.3) is 0 Å². The Morgan fingerprint density at radius 1 is 1.25 bits per heavy atom. The third-order valence-electron chi connectivity index (χ3n) is 1.88. The zero-order valence-corrected chi connectivity index (χ0v) is 9.98. The lowest BCUT2D eigenvalue weighted by Gasteiger charge is -2.13. The summed E-state index contributed by atoms with van der Waals surface area (Å²) in [5.41, 5.74) is 0. The second-order valence-corrected chi connectivity index (χ2v) is 3.22. The maximum absolute atomic E-state index is 5.50. The van der Waals surface area contributed by atoms with E-state index in [1.807, 2.05) is 14.0 Å². The van der Waals surface area contributed by atoms with Gasteiger partial charge in [0.15, 0.2) is 0 Å². The zero-order chi connectivity index (χ0) is 12.0. The van der Waals surface area contributed by atoms with Crippen LogP contribution in [0.1, 0.15) is 6.92 Å². The minimum absolute atomic E-state index is 0.0261. The van der Waals surface area contributed by atoms with Crippen molar-refractivity contribution < 1.29 is 14.2 Å². The first kappa shape index (κ1) is 12.5. The molecule has 1 aromatic rings. The molecule has 1 aromatic heterocycles. The van der Waals surface area contributed by atoms with Crippen LogP contribution in [0.3, 0.4) is 0 Å². The molecule has 1 rings (SSSR count). The number of aromatic nitrogens is 2. The quantitative estimate of drug-likeness (QED) is 0.762. The Morgan fingerprint density at radius 2 is 1.81 bits per heavy atom. The van der Waals surface area contributed by atoms with Crippen LogP contribution in [-0.2, 0) is 0 Å². The highest BCUT2D eigenvalue weighted by Gasteiger charge is 2.09. The fourth-order valence-electron chi connectivity index (χ4n) is 1.15. The molecule has 0 fully saturated rings. The molecular formula is C10H17N3O3. The molecule has 0 aromatic carbocycles. The van der Waals surface area contributed by atoms with Gasteiger partial charge in [-0.05, 0) is 14.0 Å². The van der Waals surface area contributed by atoms with E-state index in [1.54, 1.807) is 6.07 Å². The summed E-state index contributed by atoms with van der Waals surface area (Å²) in [6.45, 7) is 2.63. The first-order valence-corrected chi connectivity index (χ1v) is 4.98. The number of hydrogen-bond donors (Lipinski definition) is 1. The van der Waals surface area contributed by atoms with Crippen molar-refractivity contribution in [2.75, 3.05) is 27.8 Å². The molecule has 0 spiro atoms. The SMILES string of the molecule is CNCC(C)Oc1nc(OC)cc(OC)n1. The minimum atomic E-state index is -0.0261. The van der Waals surface area contributed by atoms with Crippen LogP contribution in [-0.4, -0.2) is 43.9 Å². The Kier molecular flexibility index (Phi) is 4.78. The maximum Gasteiger partial charge on any atom is 0.323 e. The molecule has 1 N–H and O–H groups in total. The highest BCUT2D eigenvalue weighted by atomic mass is 16.5. The molecule has 90 valence electrons. The summed E-state index contributed by atoms with van der Waals surface area (Å²) in [7, 11) is 4.91.